The molecule has 1 aliphatic heterocycles. The molecule has 0 aromatic heterocycles. The maximum Gasteiger partial charge on any atom is 0.123 e. The van der Waals surface area contributed by atoms with Gasteiger partial charge in [-0.3, -0.25) is 4.90 Å². The van der Waals surface area contributed by atoms with Crippen LogP contribution in [0.25, 0.3) is 0 Å². The van der Waals surface area contributed by atoms with Crippen LogP contribution in [-0.4, -0.2) is 31.1 Å². The van der Waals surface area contributed by atoms with Crippen LogP contribution in [-0.2, 0) is 0 Å². The number of aryl methyl sites for hydroxylation is 1. The predicted molar refractivity (Wildman–Crippen MR) is 99.4 cm³/mol. The number of benzene rings is 1. The summed E-state index contributed by atoms with van der Waals surface area (Å²) in [5.74, 6) is 0.601. The quantitative estimate of drug-likeness (QED) is 0.850. The summed E-state index contributed by atoms with van der Waals surface area (Å²) in [6.45, 7) is 6.40. The summed E-state index contributed by atoms with van der Waals surface area (Å²) < 4.78 is 13.8. The Morgan fingerprint density at radius 3 is 2.39 bits per heavy atom. The van der Waals surface area contributed by atoms with Crippen LogP contribution in [0.2, 0.25) is 0 Å². The lowest BCUT2D eigenvalue weighted by Crippen LogP contribution is -2.47. The van der Waals surface area contributed by atoms with Gasteiger partial charge in [0.05, 0.1) is 0 Å². The smallest absolute Gasteiger partial charge is 0.123 e. The van der Waals surface area contributed by atoms with Crippen LogP contribution in [0, 0.1) is 18.7 Å². The van der Waals surface area contributed by atoms with Crippen molar-refractivity contribution in [3.8, 4) is 0 Å². The molecule has 1 aliphatic carbocycles. The Labute approximate surface area is 152 Å². The van der Waals surface area contributed by atoms with Gasteiger partial charge >= 0.3 is 0 Å². The highest BCUT2D eigenvalue weighted by atomic mass is 35.5. The minimum Gasteiger partial charge on any atom is -0.314 e. The van der Waals surface area contributed by atoms with E-state index in [2.05, 4.69) is 17.1 Å². The molecule has 132 valence electrons. The number of hydrogen-bond donors (Lipinski definition) is 1. The van der Waals surface area contributed by atoms with Crippen molar-refractivity contribution in [2.45, 2.75) is 45.1 Å². The molecule has 1 aromatic carbocycles. The highest BCUT2D eigenvalue weighted by Crippen LogP contribution is 2.39. The Hall–Kier alpha value is -0.350. The van der Waals surface area contributed by atoms with Crippen molar-refractivity contribution in [3.05, 3.63) is 35.1 Å². The van der Waals surface area contributed by atoms with E-state index >= 15 is 0 Å². The van der Waals surface area contributed by atoms with Gasteiger partial charge in [-0.1, -0.05) is 25.3 Å². The molecule has 2 aliphatic rings. The molecule has 0 bridgehead atoms. The highest BCUT2D eigenvalue weighted by Gasteiger charge is 2.31. The van der Waals surface area contributed by atoms with E-state index in [4.69, 9.17) is 0 Å². The van der Waals surface area contributed by atoms with Crippen LogP contribution in [0.1, 0.15) is 49.3 Å². The number of rotatable bonds is 3. The van der Waals surface area contributed by atoms with Crippen molar-refractivity contribution in [2.75, 3.05) is 26.2 Å². The highest BCUT2D eigenvalue weighted by molar-refractivity contribution is 5.85. The average molecular weight is 363 g/mol. The molecule has 1 saturated carbocycles. The molecular weight excluding hydrogens is 334 g/mol. The molecule has 23 heavy (non-hydrogen) atoms. The van der Waals surface area contributed by atoms with Crippen molar-refractivity contribution >= 4 is 24.8 Å². The van der Waals surface area contributed by atoms with Crippen molar-refractivity contribution < 1.29 is 4.39 Å². The van der Waals surface area contributed by atoms with Gasteiger partial charge in [0.25, 0.3) is 0 Å². The van der Waals surface area contributed by atoms with Gasteiger partial charge in [0.15, 0.2) is 0 Å². The number of halogens is 3. The van der Waals surface area contributed by atoms with Gasteiger partial charge in [-0.25, -0.2) is 4.39 Å². The van der Waals surface area contributed by atoms with Crippen LogP contribution >= 0.6 is 24.8 Å². The van der Waals surface area contributed by atoms with Crippen molar-refractivity contribution in [1.29, 1.82) is 0 Å². The molecular formula is C18H29Cl2FN2. The maximum absolute atomic E-state index is 13.8. The number of piperazine rings is 1. The van der Waals surface area contributed by atoms with Gasteiger partial charge in [0.1, 0.15) is 5.82 Å². The summed E-state index contributed by atoms with van der Waals surface area (Å²) in [6, 6.07) is 5.73. The summed E-state index contributed by atoms with van der Waals surface area (Å²) in [6.07, 6.45) is 6.63. The molecule has 2 fully saturated rings. The fourth-order valence-electron chi connectivity index (χ4n) is 4.09. The molecule has 0 amide bonds. The summed E-state index contributed by atoms with van der Waals surface area (Å²) in [7, 11) is 0. The topological polar surface area (TPSA) is 15.3 Å². The first kappa shape index (κ1) is 20.7. The summed E-state index contributed by atoms with van der Waals surface area (Å²) in [5, 5.41) is 3.43. The van der Waals surface area contributed by atoms with E-state index in [1.54, 1.807) is 12.1 Å². The van der Waals surface area contributed by atoms with Crippen molar-refractivity contribution in [2.24, 2.45) is 5.92 Å². The fourth-order valence-corrected chi connectivity index (χ4v) is 4.09. The molecule has 1 heterocycles. The van der Waals surface area contributed by atoms with Gasteiger partial charge in [0.2, 0.25) is 0 Å². The van der Waals surface area contributed by atoms with E-state index < -0.39 is 0 Å². The maximum atomic E-state index is 13.8. The minimum atomic E-state index is -0.0912. The second kappa shape index (κ2) is 9.83. The Kier molecular flexibility index (Phi) is 8.84. The molecule has 1 saturated heterocycles. The summed E-state index contributed by atoms with van der Waals surface area (Å²) in [5.41, 5.74) is 2.47. The molecule has 5 heteroatoms. The third-order valence-electron chi connectivity index (χ3n) is 5.20. The van der Waals surface area contributed by atoms with E-state index in [0.29, 0.717) is 12.0 Å². The first-order chi connectivity index (χ1) is 10.3. The third kappa shape index (κ3) is 5.06. The minimum absolute atomic E-state index is 0. The molecule has 1 N–H and O–H groups in total. The van der Waals surface area contributed by atoms with E-state index in [0.717, 1.165) is 26.2 Å². The lowest BCUT2D eigenvalue weighted by Gasteiger charge is -2.41. The SMILES string of the molecule is Cc1ccc(F)cc1[C@H](C1CCCCC1)N1CCNCC1.Cl.Cl. The number of nitrogens with one attached hydrogen (secondary N) is 1. The monoisotopic (exact) mass is 362 g/mol. The molecule has 0 unspecified atom stereocenters. The zero-order valence-electron chi connectivity index (χ0n) is 13.9. The van der Waals surface area contributed by atoms with Crippen LogP contribution in [0.5, 0.6) is 0 Å². The van der Waals surface area contributed by atoms with Crippen molar-refractivity contribution in [1.82, 2.24) is 10.2 Å². The lowest BCUT2D eigenvalue weighted by atomic mass is 9.79. The Balaban J connectivity index is 0.00000132. The van der Waals surface area contributed by atoms with Crippen LogP contribution < -0.4 is 5.32 Å². The van der Waals surface area contributed by atoms with Gasteiger partial charge in [0, 0.05) is 32.2 Å². The number of nitrogens with zero attached hydrogens (tertiary/aromatic N) is 1. The first-order valence-corrected chi connectivity index (χ1v) is 8.46. The van der Waals surface area contributed by atoms with Crippen LogP contribution in [0.3, 0.4) is 0 Å². The molecule has 1 atom stereocenters. The van der Waals surface area contributed by atoms with E-state index in [1.807, 2.05) is 6.07 Å². The second-order valence-corrected chi connectivity index (χ2v) is 6.63. The zero-order chi connectivity index (χ0) is 14.7. The first-order valence-electron chi connectivity index (χ1n) is 8.46. The van der Waals surface area contributed by atoms with Crippen molar-refractivity contribution in [3.63, 3.8) is 0 Å². The number of hydrogen-bond acceptors (Lipinski definition) is 2. The largest absolute Gasteiger partial charge is 0.314 e. The molecule has 1 aromatic rings. The van der Waals surface area contributed by atoms with Crippen LogP contribution in [0.15, 0.2) is 18.2 Å². The van der Waals surface area contributed by atoms with E-state index in [9.17, 15) is 4.39 Å². The summed E-state index contributed by atoms with van der Waals surface area (Å²) in [4.78, 5) is 2.59. The van der Waals surface area contributed by atoms with Gasteiger partial charge in [-0.15, -0.1) is 24.8 Å². The molecule has 3 rings (SSSR count). The third-order valence-corrected chi connectivity index (χ3v) is 5.20. The normalized spacial score (nSPS) is 21.1. The van der Waals surface area contributed by atoms with E-state index in [1.165, 1.54) is 43.2 Å². The predicted octanol–water partition coefficient (Wildman–Crippen LogP) is 4.50. The Morgan fingerprint density at radius 2 is 1.74 bits per heavy atom. The van der Waals surface area contributed by atoms with Gasteiger partial charge < -0.3 is 5.32 Å². The van der Waals surface area contributed by atoms with Crippen LogP contribution in [0.4, 0.5) is 4.39 Å². The Morgan fingerprint density at radius 1 is 1.09 bits per heavy atom. The molecule has 0 spiro atoms. The Bertz CT molecular complexity index is 454. The zero-order valence-corrected chi connectivity index (χ0v) is 15.5. The standard InChI is InChI=1S/C18H27FN2.2ClH/c1-14-7-8-16(19)13-17(14)18(15-5-3-2-4-6-15)21-11-9-20-10-12-21;;/h7-8,13,15,18,20H,2-6,9-12H2,1H3;2*1H/t18-;;/m0../s1. The van der Waals surface area contributed by atoms with Gasteiger partial charge in [-0.05, 0) is 48.9 Å². The van der Waals surface area contributed by atoms with E-state index in [-0.39, 0.29) is 30.6 Å². The molecule has 2 nitrogen and oxygen atoms in total. The van der Waals surface area contributed by atoms with Gasteiger partial charge in [-0.2, -0.15) is 0 Å². The average Bonchev–Trinajstić information content (AvgIpc) is 2.53. The second-order valence-electron chi connectivity index (χ2n) is 6.63. The molecule has 0 radical (unpaired) electrons. The lowest BCUT2D eigenvalue weighted by molar-refractivity contribution is 0.103. The fraction of sp³-hybridized carbons (Fsp3) is 0.667. The summed E-state index contributed by atoms with van der Waals surface area (Å²) >= 11 is 0.